The van der Waals surface area contributed by atoms with Gasteiger partial charge in [-0.2, -0.15) is 0 Å². The standard InChI is InChI=1S/C11H7ClF3NO2/c1-5-9(12)10(17)7-4-6(18-11(13,14)15)2-3-8(7)16-5/h2-4H,1H3,(H,16,17). The van der Waals surface area contributed by atoms with Gasteiger partial charge in [0.25, 0.3) is 0 Å². The maximum atomic E-state index is 12.1. The molecule has 2 rings (SSSR count). The fraction of sp³-hybridized carbons (Fsp3) is 0.182. The second-order valence-corrected chi connectivity index (χ2v) is 4.03. The lowest BCUT2D eigenvalue weighted by molar-refractivity contribution is -0.274. The first-order valence-electron chi connectivity index (χ1n) is 4.86. The Morgan fingerprint density at radius 3 is 2.61 bits per heavy atom. The SMILES string of the molecule is Cc1[nH]c2ccc(OC(F)(F)F)cc2c(=O)c1Cl. The van der Waals surface area contributed by atoms with Crippen LogP contribution in [0, 0.1) is 6.92 Å². The van der Waals surface area contributed by atoms with Gasteiger partial charge in [0.2, 0.25) is 5.43 Å². The number of hydrogen-bond acceptors (Lipinski definition) is 2. The molecule has 0 amide bonds. The zero-order valence-electron chi connectivity index (χ0n) is 9.06. The Morgan fingerprint density at radius 2 is 2.00 bits per heavy atom. The Morgan fingerprint density at radius 1 is 1.33 bits per heavy atom. The molecule has 0 aliphatic rings. The topological polar surface area (TPSA) is 42.1 Å². The summed E-state index contributed by atoms with van der Waals surface area (Å²) in [7, 11) is 0. The van der Waals surface area contributed by atoms with Crippen molar-refractivity contribution in [2.45, 2.75) is 13.3 Å². The number of nitrogens with one attached hydrogen (secondary N) is 1. The van der Waals surface area contributed by atoms with Crippen LogP contribution in [0.1, 0.15) is 5.69 Å². The molecule has 0 atom stereocenters. The molecule has 0 aliphatic carbocycles. The maximum absolute atomic E-state index is 12.1. The van der Waals surface area contributed by atoms with E-state index in [1.807, 2.05) is 0 Å². The number of hydrogen-bond donors (Lipinski definition) is 1. The molecular weight excluding hydrogens is 271 g/mol. The largest absolute Gasteiger partial charge is 0.573 e. The van der Waals surface area contributed by atoms with Crippen LogP contribution in [0.5, 0.6) is 5.75 Å². The molecule has 0 saturated heterocycles. The van der Waals surface area contributed by atoms with Crippen LogP contribution in [0.4, 0.5) is 13.2 Å². The fourth-order valence-electron chi connectivity index (χ4n) is 1.56. The van der Waals surface area contributed by atoms with Crippen molar-refractivity contribution in [3.63, 3.8) is 0 Å². The van der Waals surface area contributed by atoms with Gasteiger partial charge in [-0.15, -0.1) is 13.2 Å². The normalized spacial score (nSPS) is 11.8. The number of aryl methyl sites for hydroxylation is 1. The van der Waals surface area contributed by atoms with E-state index in [1.54, 1.807) is 6.92 Å². The summed E-state index contributed by atoms with van der Waals surface area (Å²) in [5.41, 5.74) is 0.325. The van der Waals surface area contributed by atoms with Crippen molar-refractivity contribution < 1.29 is 17.9 Å². The zero-order chi connectivity index (χ0) is 13.5. The molecule has 1 aromatic heterocycles. The number of alkyl halides is 3. The average molecular weight is 278 g/mol. The van der Waals surface area contributed by atoms with Gasteiger partial charge >= 0.3 is 6.36 Å². The summed E-state index contributed by atoms with van der Waals surface area (Å²) < 4.78 is 39.9. The van der Waals surface area contributed by atoms with E-state index in [1.165, 1.54) is 6.07 Å². The zero-order valence-corrected chi connectivity index (χ0v) is 9.82. The van der Waals surface area contributed by atoms with Crippen molar-refractivity contribution in [2.75, 3.05) is 0 Å². The highest BCUT2D eigenvalue weighted by atomic mass is 35.5. The quantitative estimate of drug-likeness (QED) is 0.868. The van der Waals surface area contributed by atoms with Crippen LogP contribution in [0.15, 0.2) is 23.0 Å². The number of aromatic amines is 1. The maximum Gasteiger partial charge on any atom is 0.573 e. The van der Waals surface area contributed by atoms with E-state index >= 15 is 0 Å². The molecule has 18 heavy (non-hydrogen) atoms. The number of pyridine rings is 1. The van der Waals surface area contributed by atoms with E-state index in [0.717, 1.165) is 12.1 Å². The Kier molecular flexibility index (Phi) is 2.98. The van der Waals surface area contributed by atoms with E-state index in [4.69, 9.17) is 11.6 Å². The molecule has 1 N–H and O–H groups in total. The van der Waals surface area contributed by atoms with E-state index in [9.17, 15) is 18.0 Å². The minimum atomic E-state index is -4.80. The van der Waals surface area contributed by atoms with Crippen molar-refractivity contribution in [3.8, 4) is 5.75 Å². The number of rotatable bonds is 1. The Labute approximate surface area is 104 Å². The lowest BCUT2D eigenvalue weighted by atomic mass is 10.2. The molecule has 0 bridgehead atoms. The van der Waals surface area contributed by atoms with Crippen molar-refractivity contribution in [3.05, 3.63) is 39.1 Å². The van der Waals surface area contributed by atoms with E-state index in [2.05, 4.69) is 9.72 Å². The predicted molar refractivity (Wildman–Crippen MR) is 61.0 cm³/mol. The molecule has 96 valence electrons. The Hall–Kier alpha value is -1.69. The number of aromatic nitrogens is 1. The van der Waals surface area contributed by atoms with Crippen molar-refractivity contribution >= 4 is 22.5 Å². The summed E-state index contributed by atoms with van der Waals surface area (Å²) in [4.78, 5) is 14.6. The first-order valence-corrected chi connectivity index (χ1v) is 5.23. The highest BCUT2D eigenvalue weighted by Crippen LogP contribution is 2.25. The number of fused-ring (bicyclic) bond motifs is 1. The first-order chi connectivity index (χ1) is 8.28. The molecule has 1 aromatic carbocycles. The van der Waals surface area contributed by atoms with Crippen LogP contribution in [-0.2, 0) is 0 Å². The van der Waals surface area contributed by atoms with Gasteiger partial charge in [-0.25, -0.2) is 0 Å². The number of ether oxygens (including phenoxy) is 1. The highest BCUT2D eigenvalue weighted by Gasteiger charge is 2.31. The summed E-state index contributed by atoms with van der Waals surface area (Å²) in [6.45, 7) is 1.60. The van der Waals surface area contributed by atoms with Crippen molar-refractivity contribution in [2.24, 2.45) is 0 Å². The monoisotopic (exact) mass is 277 g/mol. The van der Waals surface area contributed by atoms with Gasteiger partial charge in [-0.1, -0.05) is 11.6 Å². The Bertz CT molecular complexity index is 664. The van der Waals surface area contributed by atoms with Gasteiger partial charge in [-0.3, -0.25) is 4.79 Å². The lowest BCUT2D eigenvalue weighted by Gasteiger charge is -2.09. The molecule has 0 radical (unpaired) electrons. The number of halogens is 4. The van der Waals surface area contributed by atoms with Gasteiger partial charge in [0.05, 0.1) is 5.39 Å². The smallest absolute Gasteiger partial charge is 0.406 e. The molecule has 3 nitrogen and oxygen atoms in total. The van der Waals surface area contributed by atoms with Crippen LogP contribution < -0.4 is 10.2 Å². The van der Waals surface area contributed by atoms with Gasteiger partial charge in [0.1, 0.15) is 10.8 Å². The summed E-state index contributed by atoms with van der Waals surface area (Å²) >= 11 is 5.74. The fourth-order valence-corrected chi connectivity index (χ4v) is 1.71. The number of H-pyrrole nitrogens is 1. The molecule has 0 fully saturated rings. The van der Waals surface area contributed by atoms with E-state index < -0.39 is 17.5 Å². The van der Waals surface area contributed by atoms with Crippen LogP contribution in [0.2, 0.25) is 5.02 Å². The van der Waals surface area contributed by atoms with Crippen LogP contribution >= 0.6 is 11.6 Å². The highest BCUT2D eigenvalue weighted by molar-refractivity contribution is 6.31. The molecular formula is C11H7ClF3NO2. The lowest BCUT2D eigenvalue weighted by Crippen LogP contribution is -2.17. The summed E-state index contributed by atoms with van der Waals surface area (Å²) in [6.07, 6.45) is -4.80. The van der Waals surface area contributed by atoms with Crippen molar-refractivity contribution in [1.82, 2.24) is 4.98 Å². The van der Waals surface area contributed by atoms with E-state index in [0.29, 0.717) is 11.2 Å². The molecule has 1 heterocycles. The molecule has 2 aromatic rings. The summed E-state index contributed by atoms with van der Waals surface area (Å²) in [6, 6.07) is 3.47. The molecule has 0 saturated carbocycles. The minimum Gasteiger partial charge on any atom is -0.406 e. The van der Waals surface area contributed by atoms with Crippen LogP contribution in [0.3, 0.4) is 0 Å². The average Bonchev–Trinajstić information content (AvgIpc) is 2.25. The summed E-state index contributed by atoms with van der Waals surface area (Å²) in [5.74, 6) is -0.458. The first kappa shape index (κ1) is 12.8. The van der Waals surface area contributed by atoms with Gasteiger partial charge in [0, 0.05) is 11.2 Å². The number of benzene rings is 1. The predicted octanol–water partition coefficient (Wildman–Crippen LogP) is 3.39. The van der Waals surface area contributed by atoms with Gasteiger partial charge in [0.15, 0.2) is 0 Å². The van der Waals surface area contributed by atoms with Crippen LogP contribution in [0.25, 0.3) is 10.9 Å². The van der Waals surface area contributed by atoms with E-state index in [-0.39, 0.29) is 10.4 Å². The van der Waals surface area contributed by atoms with Crippen molar-refractivity contribution in [1.29, 1.82) is 0 Å². The molecule has 0 spiro atoms. The third-order valence-electron chi connectivity index (χ3n) is 2.32. The molecule has 0 unspecified atom stereocenters. The third-order valence-corrected chi connectivity index (χ3v) is 2.78. The van der Waals surface area contributed by atoms with Crippen LogP contribution in [-0.4, -0.2) is 11.3 Å². The van der Waals surface area contributed by atoms with Gasteiger partial charge < -0.3 is 9.72 Å². The Balaban J connectivity index is 2.62. The second kappa shape index (κ2) is 4.20. The summed E-state index contributed by atoms with van der Waals surface area (Å²) in [5, 5.41) is -0.000918. The molecule has 7 heteroatoms. The minimum absolute atomic E-state index is 0.0485. The third kappa shape index (κ3) is 2.43. The second-order valence-electron chi connectivity index (χ2n) is 3.65. The molecule has 0 aliphatic heterocycles. The van der Waals surface area contributed by atoms with Gasteiger partial charge in [-0.05, 0) is 25.1 Å².